The van der Waals surface area contributed by atoms with Crippen LogP contribution in [0.5, 0.6) is 0 Å². The van der Waals surface area contributed by atoms with Crippen molar-refractivity contribution >= 4 is 11.9 Å². The van der Waals surface area contributed by atoms with Crippen molar-refractivity contribution in [1.82, 2.24) is 0 Å². The molecule has 4 nitrogen and oxygen atoms in total. The number of rotatable bonds is 6. The number of benzene rings is 2. The quantitative estimate of drug-likeness (QED) is 0.605. The van der Waals surface area contributed by atoms with Crippen LogP contribution in [-0.4, -0.2) is 11.9 Å². The van der Waals surface area contributed by atoms with Gasteiger partial charge in [0.1, 0.15) is 19.6 Å². The van der Waals surface area contributed by atoms with Crippen LogP contribution in [-0.2, 0) is 32.3 Å². The molecule has 0 aliphatic heterocycles. The number of esters is 2. The highest BCUT2D eigenvalue weighted by molar-refractivity contribution is 5.91. The maximum Gasteiger partial charge on any atom is 0.317 e. The van der Waals surface area contributed by atoms with E-state index in [1.807, 2.05) is 36.4 Å². The molecule has 2 aromatic carbocycles. The minimum absolute atomic E-state index is 0.0288. The van der Waals surface area contributed by atoms with Crippen molar-refractivity contribution in [3.05, 3.63) is 71.8 Å². The van der Waals surface area contributed by atoms with Crippen LogP contribution in [0, 0.1) is 0 Å². The second-order valence-electron chi connectivity index (χ2n) is 4.33. The van der Waals surface area contributed by atoms with E-state index in [2.05, 4.69) is 0 Å². The first-order chi connectivity index (χ1) is 10.7. The largest absolute Gasteiger partial charge is 0.460 e. The number of hydrogen-bond acceptors (Lipinski definition) is 4. The summed E-state index contributed by atoms with van der Waals surface area (Å²) in [7, 11) is 0. The van der Waals surface area contributed by atoms with Crippen molar-refractivity contribution in [1.29, 1.82) is 0 Å². The molecule has 0 aliphatic carbocycles. The molecule has 0 radical (unpaired) electrons. The third-order valence-electron chi connectivity index (χ3n) is 2.68. The Morgan fingerprint density at radius 2 is 1.14 bits per heavy atom. The Kier molecular flexibility index (Phi) is 4.99. The Balaban J connectivity index is 1.78. The highest BCUT2D eigenvalue weighted by atomic mass is 16.6. The van der Waals surface area contributed by atoms with Gasteiger partial charge in [-0.15, -0.1) is 0 Å². The third kappa shape index (κ3) is 5.48. The van der Waals surface area contributed by atoms with Gasteiger partial charge < -0.3 is 9.47 Å². The van der Waals surface area contributed by atoms with Gasteiger partial charge in [-0.3, -0.25) is 9.59 Å². The van der Waals surface area contributed by atoms with Crippen molar-refractivity contribution < 1.29 is 20.4 Å². The van der Waals surface area contributed by atoms with Crippen molar-refractivity contribution in [2.45, 2.75) is 19.6 Å². The maximum atomic E-state index is 11.7. The van der Waals surface area contributed by atoms with Gasteiger partial charge in [0, 0.05) is 0 Å². The molecule has 0 heterocycles. The van der Waals surface area contributed by atoms with Crippen molar-refractivity contribution in [2.24, 2.45) is 0 Å². The minimum atomic E-state index is -1.69. The van der Waals surface area contributed by atoms with Crippen LogP contribution in [0.15, 0.2) is 60.7 Å². The Morgan fingerprint density at radius 1 is 0.762 bits per heavy atom. The fourth-order valence-electron chi connectivity index (χ4n) is 1.64. The summed E-state index contributed by atoms with van der Waals surface area (Å²) in [6, 6.07) is 18.1. The molecule has 21 heavy (non-hydrogen) atoms. The molecule has 4 heteroatoms. The SMILES string of the molecule is [2H]C(C(=O)OCc1ccccc1)C(=O)OCc1ccccc1. The molecular weight excluding hydrogens is 268 g/mol. The highest BCUT2D eigenvalue weighted by Crippen LogP contribution is 2.04. The summed E-state index contributed by atoms with van der Waals surface area (Å²) in [5, 5.41) is 0. The summed E-state index contributed by atoms with van der Waals surface area (Å²) >= 11 is 0. The molecule has 0 atom stereocenters. The van der Waals surface area contributed by atoms with Gasteiger partial charge in [-0.05, 0) is 11.1 Å². The van der Waals surface area contributed by atoms with Gasteiger partial charge in [0.25, 0.3) is 0 Å². The zero-order valence-corrected chi connectivity index (χ0v) is 11.4. The van der Waals surface area contributed by atoms with E-state index in [4.69, 9.17) is 10.8 Å². The molecule has 2 aromatic rings. The van der Waals surface area contributed by atoms with Gasteiger partial charge in [-0.25, -0.2) is 0 Å². The van der Waals surface area contributed by atoms with Crippen LogP contribution in [0.25, 0.3) is 0 Å². The second-order valence-corrected chi connectivity index (χ2v) is 4.33. The molecular formula is C17H16O4. The molecule has 0 aliphatic rings. The van der Waals surface area contributed by atoms with Gasteiger partial charge in [-0.2, -0.15) is 0 Å². The molecule has 0 N–H and O–H groups in total. The minimum Gasteiger partial charge on any atom is -0.460 e. The Bertz CT molecular complexity index is 558. The van der Waals surface area contributed by atoms with Crippen LogP contribution in [0.1, 0.15) is 18.9 Å². The summed E-state index contributed by atoms with van der Waals surface area (Å²) in [5.41, 5.74) is 1.58. The Labute approximate surface area is 124 Å². The molecule has 0 aromatic heterocycles. The summed E-state index contributed by atoms with van der Waals surface area (Å²) < 4.78 is 17.4. The van der Waals surface area contributed by atoms with Crippen LogP contribution in [0.4, 0.5) is 0 Å². The van der Waals surface area contributed by atoms with Crippen LogP contribution in [0.2, 0.25) is 0 Å². The van der Waals surface area contributed by atoms with Crippen LogP contribution in [0.3, 0.4) is 0 Å². The molecule has 0 amide bonds. The first kappa shape index (κ1) is 13.4. The van der Waals surface area contributed by atoms with Crippen molar-refractivity contribution in [3.8, 4) is 0 Å². The van der Waals surface area contributed by atoms with E-state index < -0.39 is 18.3 Å². The van der Waals surface area contributed by atoms with Crippen molar-refractivity contribution in [3.63, 3.8) is 0 Å². The predicted octanol–water partition coefficient (Wildman–Crippen LogP) is 2.86. The topological polar surface area (TPSA) is 52.6 Å². The maximum absolute atomic E-state index is 11.7. The lowest BCUT2D eigenvalue weighted by atomic mass is 10.2. The number of ether oxygens (including phenoxy) is 2. The third-order valence-corrected chi connectivity index (χ3v) is 2.68. The fourth-order valence-corrected chi connectivity index (χ4v) is 1.64. The molecule has 0 saturated carbocycles. The Hall–Kier alpha value is -2.62. The van der Waals surface area contributed by atoms with E-state index in [0.29, 0.717) is 0 Å². The summed E-state index contributed by atoms with van der Waals surface area (Å²) in [6.45, 7) is 0.0576. The first-order valence-electron chi connectivity index (χ1n) is 7.08. The van der Waals surface area contributed by atoms with E-state index in [9.17, 15) is 9.59 Å². The van der Waals surface area contributed by atoms with Crippen LogP contribution >= 0.6 is 0 Å². The van der Waals surface area contributed by atoms with E-state index in [1.54, 1.807) is 24.3 Å². The molecule has 108 valence electrons. The lowest BCUT2D eigenvalue weighted by Gasteiger charge is -2.06. The first-order valence-corrected chi connectivity index (χ1v) is 6.50. The monoisotopic (exact) mass is 285 g/mol. The van der Waals surface area contributed by atoms with Crippen molar-refractivity contribution in [2.75, 3.05) is 0 Å². The normalized spacial score (nSPS) is 10.8. The lowest BCUT2D eigenvalue weighted by molar-refractivity contribution is -0.156. The van der Waals surface area contributed by atoms with Gasteiger partial charge in [-0.1, -0.05) is 60.7 Å². The second kappa shape index (κ2) is 7.85. The van der Waals surface area contributed by atoms with E-state index in [-0.39, 0.29) is 13.2 Å². The molecule has 0 saturated heterocycles. The Morgan fingerprint density at radius 3 is 1.52 bits per heavy atom. The lowest BCUT2D eigenvalue weighted by Crippen LogP contribution is -2.13. The van der Waals surface area contributed by atoms with Gasteiger partial charge in [0.2, 0.25) is 0 Å². The predicted molar refractivity (Wildman–Crippen MR) is 77.1 cm³/mol. The molecule has 0 bridgehead atoms. The van der Waals surface area contributed by atoms with E-state index in [0.717, 1.165) is 11.1 Å². The zero-order valence-electron chi connectivity index (χ0n) is 12.4. The zero-order chi connectivity index (χ0) is 15.8. The van der Waals surface area contributed by atoms with Gasteiger partial charge in [0.15, 0.2) is 0 Å². The van der Waals surface area contributed by atoms with Gasteiger partial charge >= 0.3 is 11.9 Å². The molecule has 0 fully saturated rings. The molecule has 0 spiro atoms. The molecule has 2 rings (SSSR count). The average molecular weight is 285 g/mol. The van der Waals surface area contributed by atoms with Crippen LogP contribution < -0.4 is 0 Å². The standard InChI is InChI=1S/C17H16O4/c18-16(20-12-14-7-3-1-4-8-14)11-17(19)21-13-15-9-5-2-6-10-15/h1-10H,11-13H2/i11D. The van der Waals surface area contributed by atoms with E-state index in [1.165, 1.54) is 0 Å². The number of hydrogen-bond donors (Lipinski definition) is 0. The van der Waals surface area contributed by atoms with Gasteiger partial charge in [0.05, 0.1) is 1.37 Å². The average Bonchev–Trinajstić information content (AvgIpc) is 2.58. The summed E-state index contributed by atoms with van der Waals surface area (Å²) in [5.74, 6) is -1.83. The van der Waals surface area contributed by atoms with E-state index >= 15 is 0 Å². The fraction of sp³-hybridized carbons (Fsp3) is 0.176. The number of carbonyl (C=O) groups excluding carboxylic acids is 2. The highest BCUT2D eigenvalue weighted by Gasteiger charge is 2.12. The summed E-state index contributed by atoms with van der Waals surface area (Å²) in [6.07, 6.45) is -1.69. The summed E-state index contributed by atoms with van der Waals surface area (Å²) in [4.78, 5) is 23.3. The smallest absolute Gasteiger partial charge is 0.317 e. The molecule has 0 unspecified atom stereocenters. The number of carbonyl (C=O) groups is 2.